The molecule has 6 nitrogen and oxygen atoms in total. The molecule has 0 aliphatic heterocycles. The molecule has 4 saturated carbocycles. The lowest BCUT2D eigenvalue weighted by Crippen LogP contribution is -2.63. The molecule has 0 heterocycles. The van der Waals surface area contributed by atoms with Crippen molar-refractivity contribution in [1.82, 2.24) is 0 Å². The van der Waals surface area contributed by atoms with E-state index in [1.807, 2.05) is 0 Å². The number of fused-ring (bicyclic) bond motifs is 5. The zero-order valence-corrected chi connectivity index (χ0v) is 29.7. The highest BCUT2D eigenvalue weighted by atomic mass is 16.6. The van der Waals surface area contributed by atoms with Gasteiger partial charge in [-0.25, -0.2) is 0 Å². The summed E-state index contributed by atoms with van der Waals surface area (Å²) >= 11 is 0. The normalized spacial score (nSPS) is 36.0. The van der Waals surface area contributed by atoms with E-state index >= 15 is 0 Å². The number of hydrogen-bond donors (Lipinski definition) is 0. The fourth-order valence-corrected chi connectivity index (χ4v) is 11.2. The van der Waals surface area contributed by atoms with E-state index in [4.69, 9.17) is 14.2 Å². The van der Waals surface area contributed by atoms with Crippen molar-refractivity contribution in [3.63, 3.8) is 0 Å². The highest BCUT2D eigenvalue weighted by Gasteiger charge is 2.67. The molecule has 258 valence electrons. The molecule has 11 atom stereocenters. The van der Waals surface area contributed by atoms with Crippen LogP contribution in [-0.4, -0.2) is 36.2 Å². The molecule has 0 radical (unpaired) electrons. The summed E-state index contributed by atoms with van der Waals surface area (Å²) in [5.74, 6) is 0.994. The van der Waals surface area contributed by atoms with Crippen LogP contribution in [0.15, 0.2) is 66.7 Å². The Labute approximate surface area is 287 Å². The van der Waals surface area contributed by atoms with Crippen LogP contribution >= 0.6 is 0 Å². The van der Waals surface area contributed by atoms with Crippen molar-refractivity contribution in [2.24, 2.45) is 46.3 Å². The van der Waals surface area contributed by atoms with Crippen LogP contribution in [0.2, 0.25) is 0 Å². The smallest absolute Gasteiger partial charge is 0.302 e. The number of allylic oxidation sites excluding steroid dienone is 1. The van der Waals surface area contributed by atoms with Gasteiger partial charge < -0.3 is 14.2 Å². The molecular formula is C42H54O6. The summed E-state index contributed by atoms with van der Waals surface area (Å²) in [5, 5.41) is 0. The number of ether oxygens (including phenoxy) is 3. The van der Waals surface area contributed by atoms with Crippen LogP contribution in [0.4, 0.5) is 0 Å². The topological polar surface area (TPSA) is 78.9 Å². The fraction of sp³-hybridized carbons (Fsp3) is 0.595. The highest BCUT2D eigenvalue weighted by Crippen LogP contribution is 2.69. The lowest BCUT2D eigenvalue weighted by Gasteiger charge is -2.64. The minimum absolute atomic E-state index is 0.00952. The highest BCUT2D eigenvalue weighted by molar-refractivity contribution is 5.79. The van der Waals surface area contributed by atoms with E-state index in [2.05, 4.69) is 87.5 Å². The Kier molecular flexibility index (Phi) is 9.93. The Bertz CT molecular complexity index is 1460. The van der Waals surface area contributed by atoms with Gasteiger partial charge >= 0.3 is 17.9 Å². The van der Waals surface area contributed by atoms with Gasteiger partial charge in [-0.05, 0) is 103 Å². The van der Waals surface area contributed by atoms with Gasteiger partial charge in [-0.1, -0.05) is 87.5 Å². The Hall–Kier alpha value is -3.41. The van der Waals surface area contributed by atoms with Crippen molar-refractivity contribution < 1.29 is 28.6 Å². The predicted molar refractivity (Wildman–Crippen MR) is 186 cm³/mol. The van der Waals surface area contributed by atoms with Crippen molar-refractivity contribution in [1.29, 1.82) is 0 Å². The Balaban J connectivity index is 1.33. The van der Waals surface area contributed by atoms with Crippen LogP contribution in [0.1, 0.15) is 104 Å². The summed E-state index contributed by atoms with van der Waals surface area (Å²) < 4.78 is 18.3. The van der Waals surface area contributed by atoms with Crippen LogP contribution in [0.5, 0.6) is 0 Å². The first-order valence-electron chi connectivity index (χ1n) is 18.2. The van der Waals surface area contributed by atoms with Gasteiger partial charge in [-0.2, -0.15) is 0 Å². The average molecular weight is 655 g/mol. The van der Waals surface area contributed by atoms with Crippen LogP contribution in [0, 0.1) is 46.3 Å². The van der Waals surface area contributed by atoms with E-state index in [-0.39, 0.29) is 70.7 Å². The number of esters is 3. The van der Waals surface area contributed by atoms with Gasteiger partial charge in [0.15, 0.2) is 0 Å². The molecule has 2 aromatic carbocycles. The van der Waals surface area contributed by atoms with Crippen molar-refractivity contribution in [2.45, 2.75) is 111 Å². The molecule has 0 spiro atoms. The SMILES string of the molecule is CC(=O)O[C@H]1CC[C@@]2(C)[C@H](C1)C[C@@H](OC(C)=O)[C@H]1[C@H]2C[C@@H](OC(C)=O)[C@]2(C)[C@@H]1CC[C@H]2[C@@H](C)CC=C(c1ccccc1)c1ccccc1. The molecule has 6 rings (SSSR count). The molecule has 4 aliphatic rings. The first kappa shape index (κ1) is 34.5. The molecule has 6 heteroatoms. The van der Waals surface area contributed by atoms with Gasteiger partial charge in [0.25, 0.3) is 0 Å². The van der Waals surface area contributed by atoms with Crippen molar-refractivity contribution in [2.75, 3.05) is 0 Å². The van der Waals surface area contributed by atoms with E-state index in [1.54, 1.807) is 6.92 Å². The first-order chi connectivity index (χ1) is 22.9. The molecule has 2 aromatic rings. The molecule has 0 aromatic heterocycles. The maximum absolute atomic E-state index is 12.8. The third-order valence-electron chi connectivity index (χ3n) is 13.3. The van der Waals surface area contributed by atoms with E-state index in [1.165, 1.54) is 30.5 Å². The van der Waals surface area contributed by atoms with Gasteiger partial charge in [-0.15, -0.1) is 0 Å². The second-order valence-corrected chi connectivity index (χ2v) is 15.8. The van der Waals surface area contributed by atoms with Crippen molar-refractivity contribution in [3.05, 3.63) is 77.9 Å². The van der Waals surface area contributed by atoms with Gasteiger partial charge in [0, 0.05) is 32.1 Å². The fourth-order valence-electron chi connectivity index (χ4n) is 11.2. The number of rotatable bonds is 8. The minimum Gasteiger partial charge on any atom is -0.463 e. The van der Waals surface area contributed by atoms with Crippen LogP contribution in [0.3, 0.4) is 0 Å². The van der Waals surface area contributed by atoms with Gasteiger partial charge in [0.1, 0.15) is 18.3 Å². The van der Waals surface area contributed by atoms with E-state index in [0.29, 0.717) is 11.8 Å². The summed E-state index contributed by atoms with van der Waals surface area (Å²) in [6.45, 7) is 11.7. The van der Waals surface area contributed by atoms with E-state index < -0.39 is 0 Å². The van der Waals surface area contributed by atoms with Crippen LogP contribution in [0.25, 0.3) is 5.57 Å². The van der Waals surface area contributed by atoms with E-state index in [9.17, 15) is 14.4 Å². The number of benzene rings is 2. The third-order valence-corrected chi connectivity index (χ3v) is 13.3. The lowest BCUT2D eigenvalue weighted by atomic mass is 9.43. The summed E-state index contributed by atoms with van der Waals surface area (Å²) in [5.41, 5.74) is 3.42. The maximum atomic E-state index is 12.8. The molecule has 4 fully saturated rings. The average Bonchev–Trinajstić information content (AvgIpc) is 3.40. The van der Waals surface area contributed by atoms with Gasteiger partial charge in [0.2, 0.25) is 0 Å². The van der Waals surface area contributed by atoms with Crippen molar-refractivity contribution in [3.8, 4) is 0 Å². The van der Waals surface area contributed by atoms with Gasteiger partial charge in [-0.3, -0.25) is 14.4 Å². The molecular weight excluding hydrogens is 600 g/mol. The molecule has 0 unspecified atom stereocenters. The zero-order valence-electron chi connectivity index (χ0n) is 29.7. The molecule has 0 amide bonds. The zero-order chi connectivity index (χ0) is 34.2. The Morgan fingerprint density at radius 3 is 1.96 bits per heavy atom. The standard InChI is InChI=1S/C42H54O6/c1-26(17-18-34(30-13-9-7-10-14-30)31-15-11-8-12-16-31)35-19-20-36-40-37(25-39(42(35,36)6)48-29(4)45)41(5)22-21-33(46-27(2)43)23-32(41)24-38(40)47-28(3)44/h7-16,18,26,32-33,35-40H,17,19-25H2,1-6H3/t26-,32+,33-,35-,36+,37+,38+,39+,40+,41-,42-/m0/s1. The Morgan fingerprint density at radius 2 is 1.38 bits per heavy atom. The van der Waals surface area contributed by atoms with Gasteiger partial charge in [0.05, 0.1) is 0 Å². The molecule has 48 heavy (non-hydrogen) atoms. The summed E-state index contributed by atoms with van der Waals surface area (Å²) in [4.78, 5) is 37.2. The number of carbonyl (C=O) groups excluding carboxylic acids is 3. The predicted octanol–water partition coefficient (Wildman–Crippen LogP) is 8.82. The minimum atomic E-state index is -0.240. The molecule has 0 saturated heterocycles. The maximum Gasteiger partial charge on any atom is 0.302 e. The van der Waals surface area contributed by atoms with Crippen LogP contribution in [-0.2, 0) is 28.6 Å². The summed E-state index contributed by atoms with van der Waals surface area (Å²) in [7, 11) is 0. The van der Waals surface area contributed by atoms with Crippen LogP contribution < -0.4 is 0 Å². The number of hydrogen-bond acceptors (Lipinski definition) is 6. The largest absolute Gasteiger partial charge is 0.463 e. The number of carbonyl (C=O) groups is 3. The van der Waals surface area contributed by atoms with E-state index in [0.717, 1.165) is 51.4 Å². The molecule has 0 bridgehead atoms. The molecule has 4 aliphatic carbocycles. The first-order valence-corrected chi connectivity index (χ1v) is 18.2. The third kappa shape index (κ3) is 6.48. The lowest BCUT2D eigenvalue weighted by molar-refractivity contribution is -0.224. The monoisotopic (exact) mass is 654 g/mol. The Morgan fingerprint density at radius 1 is 0.771 bits per heavy atom. The second-order valence-electron chi connectivity index (χ2n) is 15.8. The molecule has 0 N–H and O–H groups in total. The van der Waals surface area contributed by atoms with Crippen molar-refractivity contribution >= 4 is 23.5 Å². The second kappa shape index (κ2) is 13.8. The quantitative estimate of drug-likeness (QED) is 0.209. The summed E-state index contributed by atoms with van der Waals surface area (Å²) in [6, 6.07) is 21.2. The summed E-state index contributed by atoms with van der Waals surface area (Å²) in [6.07, 6.45) is 9.06.